The van der Waals surface area contributed by atoms with Crippen molar-refractivity contribution in [1.82, 2.24) is 0 Å². The highest BCUT2D eigenvalue weighted by Gasteiger charge is 2.31. The maximum absolute atomic E-state index is 12.7. The van der Waals surface area contributed by atoms with E-state index in [0.29, 0.717) is 12.7 Å². The SMILES string of the molecule is CCOC(=O)COC(=O)c1cc(Oc2ccc(C(F)(F)F)cc2Cl)ccc1[N+](=O)[O-].COCC(C)N(C(=O)CCl)c1c(C)csc1C. The number of amides is 1. The van der Waals surface area contributed by atoms with Crippen LogP contribution in [0.5, 0.6) is 11.5 Å². The molecule has 11 nitrogen and oxygen atoms in total. The van der Waals surface area contributed by atoms with Crippen LogP contribution in [-0.2, 0) is 30.0 Å². The van der Waals surface area contributed by atoms with Gasteiger partial charge in [0.05, 0.1) is 40.5 Å². The van der Waals surface area contributed by atoms with Crippen LogP contribution in [0.3, 0.4) is 0 Å². The second kappa shape index (κ2) is 17.8. The average molecular weight is 724 g/mol. The zero-order valence-electron chi connectivity index (χ0n) is 25.8. The number of carbonyl (C=O) groups excluding carboxylic acids is 3. The monoisotopic (exact) mass is 722 g/mol. The standard InChI is InChI=1S/C18H13ClF3NO7.C12H18ClNO2S/c1-2-28-16(24)9-29-17(25)12-8-11(4-5-14(12)23(26)27)30-15-6-3-10(7-13(15)19)18(20,21)22;1-8-7-17-10(3)12(8)14(11(15)5-13)9(2)6-16-4/h3-8H,2,9H2,1H3;7,9H,5-6H2,1-4H3. The minimum Gasteiger partial charge on any atom is -0.463 e. The molecule has 2 aromatic carbocycles. The lowest BCUT2D eigenvalue weighted by atomic mass is 10.1. The Bertz CT molecular complexity index is 1560. The summed E-state index contributed by atoms with van der Waals surface area (Å²) in [5.41, 5.74) is -0.0783. The van der Waals surface area contributed by atoms with E-state index in [9.17, 15) is 37.7 Å². The molecule has 17 heteroatoms. The highest BCUT2D eigenvalue weighted by molar-refractivity contribution is 7.10. The number of nitrogens with zero attached hydrogens (tertiary/aromatic N) is 2. The minimum absolute atomic E-state index is 0.0111. The zero-order chi connectivity index (χ0) is 35.5. The van der Waals surface area contributed by atoms with Crippen LogP contribution in [0.4, 0.5) is 24.5 Å². The molecule has 1 unspecified atom stereocenters. The van der Waals surface area contributed by atoms with Crippen molar-refractivity contribution in [3.8, 4) is 11.5 Å². The summed E-state index contributed by atoms with van der Waals surface area (Å²) in [6, 6.07) is 5.34. The molecular weight excluding hydrogens is 692 g/mol. The number of hydrogen-bond donors (Lipinski definition) is 0. The smallest absolute Gasteiger partial charge is 0.416 e. The Morgan fingerprint density at radius 2 is 1.79 bits per heavy atom. The molecule has 47 heavy (non-hydrogen) atoms. The van der Waals surface area contributed by atoms with Gasteiger partial charge in [-0.1, -0.05) is 11.6 Å². The maximum Gasteiger partial charge on any atom is 0.416 e. The molecule has 1 atom stereocenters. The van der Waals surface area contributed by atoms with Crippen molar-refractivity contribution in [3.05, 3.63) is 78.5 Å². The van der Waals surface area contributed by atoms with Crippen molar-refractivity contribution in [2.75, 3.05) is 37.7 Å². The number of esters is 2. The first-order chi connectivity index (χ1) is 22.0. The van der Waals surface area contributed by atoms with E-state index in [1.165, 1.54) is 6.92 Å². The van der Waals surface area contributed by atoms with E-state index in [0.717, 1.165) is 46.5 Å². The Morgan fingerprint density at radius 3 is 2.30 bits per heavy atom. The molecule has 0 bridgehead atoms. The van der Waals surface area contributed by atoms with Crippen molar-refractivity contribution in [3.63, 3.8) is 0 Å². The largest absolute Gasteiger partial charge is 0.463 e. The second-order valence-electron chi connectivity index (χ2n) is 9.59. The van der Waals surface area contributed by atoms with Gasteiger partial charge >= 0.3 is 18.1 Å². The third kappa shape index (κ3) is 11.1. The van der Waals surface area contributed by atoms with E-state index in [4.69, 9.17) is 37.4 Å². The van der Waals surface area contributed by atoms with Gasteiger partial charge in [0.15, 0.2) is 6.61 Å². The molecule has 0 saturated carbocycles. The molecule has 1 heterocycles. The van der Waals surface area contributed by atoms with Gasteiger partial charge in [0.25, 0.3) is 5.69 Å². The number of hydrogen-bond acceptors (Lipinski definition) is 10. The van der Waals surface area contributed by atoms with E-state index >= 15 is 0 Å². The highest BCUT2D eigenvalue weighted by atomic mass is 35.5. The van der Waals surface area contributed by atoms with Crippen molar-refractivity contribution in [2.45, 2.75) is 39.9 Å². The van der Waals surface area contributed by atoms with Gasteiger partial charge < -0.3 is 23.8 Å². The predicted octanol–water partition coefficient (Wildman–Crippen LogP) is 7.75. The van der Waals surface area contributed by atoms with Crippen LogP contribution in [0.2, 0.25) is 5.02 Å². The van der Waals surface area contributed by atoms with Crippen LogP contribution in [0.1, 0.15) is 40.2 Å². The number of aryl methyl sites for hydroxylation is 2. The van der Waals surface area contributed by atoms with Gasteiger partial charge in [0, 0.05) is 24.1 Å². The van der Waals surface area contributed by atoms with Crippen molar-refractivity contribution in [1.29, 1.82) is 0 Å². The van der Waals surface area contributed by atoms with Crippen molar-refractivity contribution < 1.29 is 51.4 Å². The number of anilines is 1. The molecule has 256 valence electrons. The van der Waals surface area contributed by atoms with E-state index < -0.39 is 46.5 Å². The molecule has 3 aromatic rings. The van der Waals surface area contributed by atoms with Gasteiger partial charge in [0.1, 0.15) is 22.9 Å². The Kier molecular flexibility index (Phi) is 14.9. The maximum atomic E-state index is 12.7. The number of methoxy groups -OCH3 is 1. The van der Waals surface area contributed by atoms with Crippen LogP contribution >= 0.6 is 34.5 Å². The van der Waals surface area contributed by atoms with Crippen LogP contribution in [-0.4, -0.2) is 61.6 Å². The first kappa shape index (κ1) is 39.3. The van der Waals surface area contributed by atoms with Gasteiger partial charge in [-0.05, 0) is 62.9 Å². The summed E-state index contributed by atoms with van der Waals surface area (Å²) < 4.78 is 57.9. The Hall–Kier alpha value is -3.92. The summed E-state index contributed by atoms with van der Waals surface area (Å²) in [4.78, 5) is 48.6. The lowest BCUT2D eigenvalue weighted by Crippen LogP contribution is -2.42. The number of benzene rings is 2. The fourth-order valence-corrected chi connectivity index (χ4v) is 5.27. The van der Waals surface area contributed by atoms with Gasteiger partial charge in [0.2, 0.25) is 5.91 Å². The van der Waals surface area contributed by atoms with E-state index in [-0.39, 0.29) is 41.0 Å². The molecule has 0 fully saturated rings. The topological polar surface area (TPSA) is 135 Å². The fourth-order valence-electron chi connectivity index (χ4n) is 4.09. The number of ether oxygens (including phenoxy) is 4. The Labute approximate surface area is 282 Å². The van der Waals surface area contributed by atoms with Crippen LogP contribution < -0.4 is 9.64 Å². The third-order valence-electron chi connectivity index (χ3n) is 6.09. The molecule has 0 saturated heterocycles. The quantitative estimate of drug-likeness (QED) is 0.0796. The molecule has 0 aliphatic rings. The molecule has 0 aliphatic carbocycles. The third-order valence-corrected chi connectivity index (χ3v) is 7.63. The molecule has 1 amide bonds. The van der Waals surface area contributed by atoms with E-state index in [1.807, 2.05) is 20.8 Å². The highest BCUT2D eigenvalue weighted by Crippen LogP contribution is 2.37. The van der Waals surface area contributed by atoms with E-state index in [2.05, 4.69) is 10.1 Å². The number of alkyl halides is 4. The molecule has 0 spiro atoms. The molecule has 0 radical (unpaired) electrons. The number of thiophene rings is 1. The minimum atomic E-state index is -4.61. The van der Waals surface area contributed by atoms with Crippen LogP contribution in [0, 0.1) is 24.0 Å². The number of carbonyl (C=O) groups is 3. The molecule has 1 aromatic heterocycles. The first-order valence-corrected chi connectivity index (χ1v) is 15.4. The number of nitro groups is 1. The number of nitro benzene ring substituents is 1. The van der Waals surface area contributed by atoms with Crippen molar-refractivity contribution in [2.24, 2.45) is 0 Å². The van der Waals surface area contributed by atoms with Crippen LogP contribution in [0.25, 0.3) is 0 Å². The second-order valence-corrected chi connectivity index (χ2v) is 11.3. The lowest BCUT2D eigenvalue weighted by Gasteiger charge is -2.29. The summed E-state index contributed by atoms with van der Waals surface area (Å²) in [5.74, 6) is -2.45. The van der Waals surface area contributed by atoms with Gasteiger partial charge in [-0.2, -0.15) is 13.2 Å². The summed E-state index contributed by atoms with van der Waals surface area (Å²) in [6.07, 6.45) is -4.61. The average Bonchev–Trinajstić information content (AvgIpc) is 3.33. The molecule has 0 N–H and O–H groups in total. The van der Waals surface area contributed by atoms with E-state index in [1.54, 1.807) is 23.3 Å². The Balaban J connectivity index is 0.000000382. The molecule has 0 aliphatic heterocycles. The zero-order valence-corrected chi connectivity index (χ0v) is 28.1. The summed E-state index contributed by atoms with van der Waals surface area (Å²) in [6.45, 7) is 7.31. The van der Waals surface area contributed by atoms with Gasteiger partial charge in [-0.3, -0.25) is 14.9 Å². The predicted molar refractivity (Wildman–Crippen MR) is 170 cm³/mol. The first-order valence-electron chi connectivity index (χ1n) is 13.6. The summed E-state index contributed by atoms with van der Waals surface area (Å²) in [5, 5.41) is 12.8. The normalized spacial score (nSPS) is 11.5. The summed E-state index contributed by atoms with van der Waals surface area (Å²) >= 11 is 13.1. The van der Waals surface area contributed by atoms with Gasteiger partial charge in [-0.15, -0.1) is 22.9 Å². The van der Waals surface area contributed by atoms with Gasteiger partial charge in [-0.25, -0.2) is 9.59 Å². The summed E-state index contributed by atoms with van der Waals surface area (Å²) in [7, 11) is 1.63. The lowest BCUT2D eigenvalue weighted by molar-refractivity contribution is -0.385. The number of rotatable bonds is 12. The fraction of sp³-hybridized carbons (Fsp3) is 0.367. The van der Waals surface area contributed by atoms with Crippen molar-refractivity contribution >= 4 is 63.8 Å². The molecule has 3 rings (SSSR count). The number of halogens is 5. The molecular formula is C30H31Cl2F3N2O9S. The van der Waals surface area contributed by atoms with Crippen LogP contribution in [0.15, 0.2) is 41.8 Å². The Morgan fingerprint density at radius 1 is 1.11 bits per heavy atom.